The summed E-state index contributed by atoms with van der Waals surface area (Å²) in [4.78, 5) is 122. The summed E-state index contributed by atoms with van der Waals surface area (Å²) in [5.41, 5.74) is 2.52. The summed E-state index contributed by atoms with van der Waals surface area (Å²) in [6, 6.07) is 30.7. The number of esters is 11. The van der Waals surface area contributed by atoms with E-state index in [0.717, 1.165) is 89.1 Å². The second-order valence-corrected chi connectivity index (χ2v) is 29.1. The van der Waals surface area contributed by atoms with Gasteiger partial charge in [-0.05, 0) is 104 Å². The van der Waals surface area contributed by atoms with E-state index in [2.05, 4.69) is 107 Å². The van der Waals surface area contributed by atoms with Gasteiger partial charge in [0.1, 0.15) is 134 Å². The van der Waals surface area contributed by atoms with Crippen LogP contribution in [0.3, 0.4) is 0 Å². The lowest BCUT2D eigenvalue weighted by Crippen LogP contribution is -2.41. The molecule has 0 amide bonds. The quantitative estimate of drug-likeness (QED) is 0.00923. The minimum atomic E-state index is -1.50. The van der Waals surface area contributed by atoms with Gasteiger partial charge in [-0.2, -0.15) is 0 Å². The summed E-state index contributed by atoms with van der Waals surface area (Å²) in [6.45, 7) is 57.8. The highest BCUT2D eigenvalue weighted by Gasteiger charge is 2.35. The molecule has 4 aromatic carbocycles. The van der Waals surface area contributed by atoms with Gasteiger partial charge in [-0.3, -0.25) is 0 Å². The lowest BCUT2D eigenvalue weighted by Gasteiger charge is -2.32. The number of aliphatic hydroxyl groups is 3. The number of hydrogen-bond donors (Lipinski definition) is 3. The van der Waals surface area contributed by atoms with Gasteiger partial charge in [0.25, 0.3) is 5.97 Å². The first-order valence-corrected chi connectivity index (χ1v) is 42.4. The van der Waals surface area contributed by atoms with Crippen LogP contribution >= 0.6 is 0 Å². The molecule has 3 N–H and O–H groups in total. The van der Waals surface area contributed by atoms with E-state index in [1.54, 1.807) is 39.8 Å². The molecule has 35 nitrogen and oxygen atoms in total. The standard InChI is InChI=1S/C27H34O8.C25H28O6.C18H26O9.C15H24O6.C15H20O6/c1-5-25(30)34-17-21(28)15-32-23-11-7-9-19(13-23)27(3,4)20-10-8-12-24(14-20)33-16-22(29)18-35-26(31)6-2;1-5-23(26)30-15-13-28-21-11-7-9-19(17-21)25(3,4)20-10-8-12-22(18-20)29-14-16-31-24(27)6-2;1-5-15(19)22-9-12-25-18(8-4,26-13-10-23-16(20)6-2)27-14-11-24-17(21)7-3;1-6-14(16)20-9-12(4)18-8-11(3)19-10-13(5)21-15(17)7-2;1-5-12(16)19-9-15(8-4,10-20-13(17)6-2)11-21-14(18)7-3/h5-14,21-22,25,28-30H,1-2,15-18H2,3-4H3;5-12,17-18H,1-2,13-16H2,3-4H3;5-7H,1-3,8-14H2,4H3;6-7,11-13H,1-2,8-10H2,3-5H3;5-7H,1-3,8-11H2,4H3. The normalized spacial score (nSPS) is 12.0. The third kappa shape index (κ3) is 55.1. The van der Waals surface area contributed by atoms with Crippen LogP contribution in [-0.4, -0.2) is 256 Å². The molecule has 0 fully saturated rings. The Morgan fingerprint density at radius 3 is 0.881 bits per heavy atom. The van der Waals surface area contributed by atoms with Crippen molar-refractivity contribution in [3.05, 3.63) is 271 Å². The van der Waals surface area contributed by atoms with Crippen LogP contribution < -0.4 is 18.9 Å². The molecule has 135 heavy (non-hydrogen) atoms. The molecule has 0 aliphatic rings. The highest BCUT2D eigenvalue weighted by molar-refractivity contribution is 5.85. The van der Waals surface area contributed by atoms with E-state index in [1.807, 2.05) is 91.9 Å². The highest BCUT2D eigenvalue weighted by Crippen LogP contribution is 2.37. The molecular formula is C100H132O35. The fourth-order valence-corrected chi connectivity index (χ4v) is 10.1. The molecule has 742 valence electrons. The number of rotatable bonds is 64. The minimum absolute atomic E-state index is 0.00150. The maximum Gasteiger partial charge on any atom is 0.330 e. The Hall–Kier alpha value is -13.2. The monoisotopic (exact) mass is 1890 g/mol. The zero-order chi connectivity index (χ0) is 102. The van der Waals surface area contributed by atoms with Crippen LogP contribution in [0.4, 0.5) is 0 Å². The van der Waals surface area contributed by atoms with Crippen LogP contribution in [0.15, 0.2) is 249 Å². The van der Waals surface area contributed by atoms with Crippen LogP contribution in [0.25, 0.3) is 0 Å². The number of benzene rings is 4. The van der Waals surface area contributed by atoms with Crippen LogP contribution in [0.5, 0.6) is 23.0 Å². The third-order valence-corrected chi connectivity index (χ3v) is 17.9. The molecule has 6 atom stereocenters. The number of hydrogen-bond acceptors (Lipinski definition) is 35. The Balaban J connectivity index is 0.00000169. The van der Waals surface area contributed by atoms with Gasteiger partial charge < -0.3 is 115 Å². The van der Waals surface area contributed by atoms with E-state index in [4.69, 9.17) is 99.5 Å². The van der Waals surface area contributed by atoms with Crippen molar-refractivity contribution in [2.24, 2.45) is 5.41 Å². The second-order valence-electron chi connectivity index (χ2n) is 29.1. The Labute approximate surface area is 790 Å². The van der Waals surface area contributed by atoms with Gasteiger partial charge >= 0.3 is 65.7 Å². The molecule has 0 radical (unpaired) electrons. The Morgan fingerprint density at radius 1 is 0.304 bits per heavy atom. The summed E-state index contributed by atoms with van der Waals surface area (Å²) in [5, 5.41) is 29.3. The van der Waals surface area contributed by atoms with Gasteiger partial charge in [0.15, 0.2) is 6.29 Å². The maximum absolute atomic E-state index is 11.2. The predicted octanol–water partition coefficient (Wildman–Crippen LogP) is 11.5. The topological polar surface area (TPSA) is 442 Å². The summed E-state index contributed by atoms with van der Waals surface area (Å²) < 4.78 is 109. The van der Waals surface area contributed by atoms with Crippen LogP contribution in [0, 0.1) is 5.41 Å². The molecule has 0 aliphatic heterocycles. The van der Waals surface area contributed by atoms with Crippen molar-refractivity contribution < 1.29 is 168 Å². The zero-order valence-electron chi connectivity index (χ0n) is 78.6. The first kappa shape index (κ1) is 122. The van der Waals surface area contributed by atoms with Crippen molar-refractivity contribution >= 4 is 65.7 Å². The Bertz CT molecular complexity index is 4200. The molecule has 0 saturated carbocycles. The molecular weight excluding hydrogens is 1760 g/mol. The first-order chi connectivity index (χ1) is 64.2. The van der Waals surface area contributed by atoms with Crippen LogP contribution in [-0.2, 0) is 144 Å². The third-order valence-electron chi connectivity index (χ3n) is 17.9. The van der Waals surface area contributed by atoms with Crippen molar-refractivity contribution in [1.29, 1.82) is 0 Å². The van der Waals surface area contributed by atoms with Crippen molar-refractivity contribution in [1.82, 2.24) is 0 Å². The summed E-state index contributed by atoms with van der Waals surface area (Å²) >= 11 is 0. The largest absolute Gasteiger partial charge is 0.491 e. The highest BCUT2D eigenvalue weighted by atomic mass is 16.9. The zero-order valence-corrected chi connectivity index (χ0v) is 78.6. The molecule has 35 heteroatoms. The summed E-state index contributed by atoms with van der Waals surface area (Å²) in [5.74, 6) is -5.07. The molecule has 0 aromatic heterocycles. The average Bonchev–Trinajstić information content (AvgIpc) is 0.801. The maximum atomic E-state index is 11.2. The van der Waals surface area contributed by atoms with E-state index in [9.17, 15) is 68.1 Å². The van der Waals surface area contributed by atoms with Crippen LogP contribution in [0.1, 0.15) is 97.4 Å². The van der Waals surface area contributed by atoms with Gasteiger partial charge in [-0.15, -0.1) is 0 Å². The first-order valence-electron chi connectivity index (χ1n) is 42.4. The molecule has 4 aromatic rings. The molecule has 6 unspecified atom stereocenters. The van der Waals surface area contributed by atoms with Gasteiger partial charge in [0, 0.05) is 84.1 Å². The van der Waals surface area contributed by atoms with Gasteiger partial charge in [-0.1, -0.05) is 169 Å². The number of carbonyl (C=O) groups excluding carboxylic acids is 11. The lowest BCUT2D eigenvalue weighted by atomic mass is 9.78. The molecule has 0 saturated heterocycles. The smallest absolute Gasteiger partial charge is 0.330 e. The molecule has 0 bridgehead atoms. The number of ether oxygens (including phenoxy) is 21. The number of aliphatic hydroxyl groups excluding tert-OH is 3. The van der Waals surface area contributed by atoms with Crippen molar-refractivity contribution in [2.75, 3.05) is 132 Å². The fraction of sp³-hybridized carbons (Fsp3) is 0.410. The Morgan fingerprint density at radius 2 is 0.578 bits per heavy atom. The van der Waals surface area contributed by atoms with Gasteiger partial charge in [-0.25, -0.2) is 52.7 Å². The van der Waals surface area contributed by atoms with Crippen LogP contribution in [0.2, 0.25) is 0 Å². The molecule has 0 spiro atoms. The Kier molecular flexibility index (Phi) is 63.6. The molecule has 0 heterocycles. The van der Waals surface area contributed by atoms with Gasteiger partial charge in [0.05, 0.1) is 57.3 Å². The van der Waals surface area contributed by atoms with E-state index in [1.165, 1.54) is 6.08 Å². The van der Waals surface area contributed by atoms with Crippen molar-refractivity contribution in [2.45, 2.75) is 129 Å². The molecule has 4 rings (SSSR count). The predicted molar refractivity (Wildman–Crippen MR) is 498 cm³/mol. The van der Waals surface area contributed by atoms with E-state index >= 15 is 0 Å². The number of carbonyl (C=O) groups is 11. The van der Waals surface area contributed by atoms with E-state index in [-0.39, 0.29) is 156 Å². The summed E-state index contributed by atoms with van der Waals surface area (Å²) in [7, 11) is 0. The lowest BCUT2D eigenvalue weighted by molar-refractivity contribution is -0.385. The summed E-state index contributed by atoms with van der Waals surface area (Å²) in [6.07, 6.45) is 9.78. The van der Waals surface area contributed by atoms with E-state index < -0.39 is 101 Å². The minimum Gasteiger partial charge on any atom is -0.491 e. The average molecular weight is 1890 g/mol. The fourth-order valence-electron chi connectivity index (χ4n) is 10.1. The van der Waals surface area contributed by atoms with Crippen molar-refractivity contribution in [3.63, 3.8) is 0 Å². The van der Waals surface area contributed by atoms with Crippen molar-refractivity contribution in [3.8, 4) is 23.0 Å². The second kappa shape index (κ2) is 70.5. The SMILES string of the molecule is C=CC(=O)OCC(C)OCC(C)OCC(C)OC(=O)C=C.C=CC(=O)OCC(CC)(COC(=O)C=C)COC(=O)C=C.C=CC(=O)OCC(O)COc1cccc(C(C)(C)c2cccc(OCC(O)COC(O)C=C)c2)c1.C=CC(=O)OCCOC(CC)(OCCOC(=O)C=C)OCCOC(=O)C=C.C=CC(=O)OCCOc1cccc(C(C)(C)c2cccc(OCCOC(=O)C=C)c2)c1. The van der Waals surface area contributed by atoms with Gasteiger partial charge in [0.2, 0.25) is 0 Å². The van der Waals surface area contributed by atoms with E-state index in [0.29, 0.717) is 36.0 Å². The molecule has 0 aliphatic carbocycles.